The van der Waals surface area contributed by atoms with Gasteiger partial charge in [0, 0.05) is 16.3 Å². The van der Waals surface area contributed by atoms with Crippen LogP contribution in [0.3, 0.4) is 0 Å². The summed E-state index contributed by atoms with van der Waals surface area (Å²) in [6.45, 7) is 5.01. The number of carbonyl (C=O) groups excluding carboxylic acids is 1. The van der Waals surface area contributed by atoms with Crippen molar-refractivity contribution in [3.8, 4) is 0 Å². The Morgan fingerprint density at radius 1 is 1.17 bits per heavy atom. The summed E-state index contributed by atoms with van der Waals surface area (Å²) in [7, 11) is 0. The summed E-state index contributed by atoms with van der Waals surface area (Å²) >= 11 is 0. The fraction of sp³-hybridized carbons (Fsp3) is 0.263. The number of aliphatic carboxylic acids is 1. The van der Waals surface area contributed by atoms with Crippen LogP contribution in [0.1, 0.15) is 36.4 Å². The minimum atomic E-state index is -1.33. The molecule has 0 bridgehead atoms. The Hall–Kier alpha value is -2.82. The van der Waals surface area contributed by atoms with E-state index >= 15 is 0 Å². The van der Waals surface area contributed by atoms with Crippen LogP contribution in [-0.4, -0.2) is 22.5 Å². The van der Waals surface area contributed by atoms with Gasteiger partial charge in [-0.25, -0.2) is 4.79 Å². The lowest BCUT2D eigenvalue weighted by Gasteiger charge is -2.24. The first-order valence-corrected chi connectivity index (χ1v) is 7.84. The van der Waals surface area contributed by atoms with Gasteiger partial charge < -0.3 is 14.8 Å². The van der Waals surface area contributed by atoms with Crippen molar-refractivity contribution in [1.82, 2.24) is 5.32 Å². The molecule has 0 aliphatic rings. The van der Waals surface area contributed by atoms with Gasteiger partial charge in [0.2, 0.25) is 0 Å². The fourth-order valence-corrected chi connectivity index (χ4v) is 2.77. The third kappa shape index (κ3) is 2.42. The van der Waals surface area contributed by atoms with Crippen molar-refractivity contribution in [2.45, 2.75) is 32.7 Å². The number of hydrogen-bond acceptors (Lipinski definition) is 3. The molecule has 0 saturated heterocycles. The van der Waals surface area contributed by atoms with Crippen LogP contribution in [0.5, 0.6) is 0 Å². The van der Waals surface area contributed by atoms with E-state index in [9.17, 15) is 14.7 Å². The number of carboxylic acids is 1. The highest BCUT2D eigenvalue weighted by Crippen LogP contribution is 2.32. The number of hydrogen-bond donors (Lipinski definition) is 2. The molecule has 1 amide bonds. The molecule has 0 aliphatic carbocycles. The number of carbonyl (C=O) groups is 2. The molecule has 2 N–H and O–H groups in total. The number of nitrogens with one attached hydrogen (secondary N) is 1. The van der Waals surface area contributed by atoms with Crippen molar-refractivity contribution in [2.24, 2.45) is 0 Å². The Bertz CT molecular complexity index is 957. The Morgan fingerprint density at radius 2 is 1.88 bits per heavy atom. The van der Waals surface area contributed by atoms with Crippen LogP contribution in [-0.2, 0) is 4.79 Å². The Morgan fingerprint density at radius 3 is 2.54 bits per heavy atom. The van der Waals surface area contributed by atoms with Gasteiger partial charge in [-0.2, -0.15) is 0 Å². The Labute approximate surface area is 139 Å². The predicted octanol–water partition coefficient (Wildman–Crippen LogP) is 3.88. The molecule has 0 spiro atoms. The molecule has 5 nitrogen and oxygen atoms in total. The maximum Gasteiger partial charge on any atom is 0.329 e. The minimum Gasteiger partial charge on any atom is -0.480 e. The summed E-state index contributed by atoms with van der Waals surface area (Å²) in [6, 6.07) is 11.7. The van der Waals surface area contributed by atoms with Crippen LogP contribution < -0.4 is 5.32 Å². The molecule has 3 aromatic rings. The second kappa shape index (κ2) is 5.67. The first-order chi connectivity index (χ1) is 11.4. The molecule has 1 atom stereocenters. The number of aryl methyl sites for hydroxylation is 1. The van der Waals surface area contributed by atoms with E-state index in [4.69, 9.17) is 4.42 Å². The van der Waals surface area contributed by atoms with Crippen molar-refractivity contribution in [3.63, 3.8) is 0 Å². The topological polar surface area (TPSA) is 79.5 Å². The molecule has 1 aromatic heterocycles. The number of fused-ring (bicyclic) bond motifs is 3. The van der Waals surface area contributed by atoms with Gasteiger partial charge in [0.25, 0.3) is 5.91 Å². The van der Waals surface area contributed by atoms with E-state index in [1.165, 1.54) is 6.92 Å². The molecule has 0 saturated carbocycles. The number of rotatable bonds is 4. The summed E-state index contributed by atoms with van der Waals surface area (Å²) in [6.07, 6.45) is 0.274. The summed E-state index contributed by atoms with van der Waals surface area (Å²) in [5.41, 5.74) is 0.0197. The van der Waals surface area contributed by atoms with Crippen LogP contribution in [0.15, 0.2) is 40.8 Å². The zero-order valence-corrected chi connectivity index (χ0v) is 13.8. The molecule has 0 aliphatic heterocycles. The summed E-state index contributed by atoms with van der Waals surface area (Å²) in [5, 5.41) is 14.7. The lowest BCUT2D eigenvalue weighted by molar-refractivity contribution is -0.143. The molecular formula is C19H19NO4. The van der Waals surface area contributed by atoms with Crippen LogP contribution >= 0.6 is 0 Å². The summed E-state index contributed by atoms with van der Waals surface area (Å²) in [5.74, 6) is -1.43. The second-order valence-electron chi connectivity index (χ2n) is 6.16. The molecule has 2 aromatic carbocycles. The molecule has 0 radical (unpaired) electrons. The van der Waals surface area contributed by atoms with Crippen LogP contribution in [0, 0.1) is 6.92 Å². The van der Waals surface area contributed by atoms with E-state index in [1.807, 2.05) is 36.4 Å². The van der Waals surface area contributed by atoms with Crippen molar-refractivity contribution in [3.05, 3.63) is 47.7 Å². The van der Waals surface area contributed by atoms with Gasteiger partial charge in [-0.15, -0.1) is 0 Å². The number of amides is 1. The quantitative estimate of drug-likeness (QED) is 0.763. The summed E-state index contributed by atoms with van der Waals surface area (Å²) in [4.78, 5) is 24.0. The molecule has 5 heteroatoms. The lowest BCUT2D eigenvalue weighted by Crippen LogP contribution is -2.51. The predicted molar refractivity (Wildman–Crippen MR) is 92.3 cm³/mol. The summed E-state index contributed by atoms with van der Waals surface area (Å²) < 4.78 is 5.84. The molecule has 124 valence electrons. The number of furan rings is 1. The van der Waals surface area contributed by atoms with Gasteiger partial charge in [-0.3, -0.25) is 4.79 Å². The SMILES string of the molecule is CCC(C)(NC(=O)c1oc2c(ccc3ccccc32)c1C)C(=O)O. The van der Waals surface area contributed by atoms with Gasteiger partial charge in [-0.1, -0.05) is 43.3 Å². The highest BCUT2D eigenvalue weighted by molar-refractivity contribution is 6.09. The van der Waals surface area contributed by atoms with Gasteiger partial charge in [0.05, 0.1) is 0 Å². The number of benzene rings is 2. The van der Waals surface area contributed by atoms with E-state index in [-0.39, 0.29) is 12.2 Å². The van der Waals surface area contributed by atoms with E-state index in [1.54, 1.807) is 13.8 Å². The second-order valence-corrected chi connectivity index (χ2v) is 6.16. The monoisotopic (exact) mass is 325 g/mol. The first-order valence-electron chi connectivity index (χ1n) is 7.84. The third-order valence-corrected chi connectivity index (χ3v) is 4.60. The highest BCUT2D eigenvalue weighted by atomic mass is 16.4. The van der Waals surface area contributed by atoms with Gasteiger partial charge in [0.15, 0.2) is 5.76 Å². The lowest BCUT2D eigenvalue weighted by atomic mass is 9.99. The van der Waals surface area contributed by atoms with Crippen molar-refractivity contribution >= 4 is 33.6 Å². The zero-order chi connectivity index (χ0) is 17.5. The van der Waals surface area contributed by atoms with E-state index < -0.39 is 17.4 Å². The molecule has 3 rings (SSSR count). The molecular weight excluding hydrogens is 306 g/mol. The molecule has 24 heavy (non-hydrogen) atoms. The van der Waals surface area contributed by atoms with E-state index in [0.29, 0.717) is 11.1 Å². The Balaban J connectivity index is 2.10. The zero-order valence-electron chi connectivity index (χ0n) is 13.8. The molecule has 0 fully saturated rings. The van der Waals surface area contributed by atoms with Crippen molar-refractivity contribution in [2.75, 3.05) is 0 Å². The van der Waals surface area contributed by atoms with Crippen molar-refractivity contribution < 1.29 is 19.1 Å². The maximum atomic E-state index is 12.6. The molecule has 1 heterocycles. The third-order valence-electron chi connectivity index (χ3n) is 4.60. The normalized spacial score (nSPS) is 13.8. The standard InChI is InChI=1S/C19H19NO4/c1-4-19(3,18(22)23)20-17(21)15-11(2)13-10-9-12-7-5-6-8-14(12)16(13)24-15/h5-10H,4H2,1-3H3,(H,20,21)(H,22,23). The average molecular weight is 325 g/mol. The minimum absolute atomic E-state index is 0.155. The van der Waals surface area contributed by atoms with Crippen LogP contribution in [0.2, 0.25) is 0 Å². The van der Waals surface area contributed by atoms with Gasteiger partial charge in [-0.05, 0) is 25.7 Å². The van der Waals surface area contributed by atoms with Gasteiger partial charge >= 0.3 is 5.97 Å². The fourth-order valence-electron chi connectivity index (χ4n) is 2.77. The average Bonchev–Trinajstić information content (AvgIpc) is 2.92. The van der Waals surface area contributed by atoms with E-state index in [0.717, 1.165) is 16.2 Å². The highest BCUT2D eigenvalue weighted by Gasteiger charge is 2.34. The van der Waals surface area contributed by atoms with E-state index in [2.05, 4.69) is 5.32 Å². The van der Waals surface area contributed by atoms with Gasteiger partial charge in [0.1, 0.15) is 11.1 Å². The smallest absolute Gasteiger partial charge is 0.329 e. The van der Waals surface area contributed by atoms with Crippen LogP contribution in [0.25, 0.3) is 21.7 Å². The van der Waals surface area contributed by atoms with Crippen LogP contribution in [0.4, 0.5) is 0 Å². The van der Waals surface area contributed by atoms with Crippen molar-refractivity contribution in [1.29, 1.82) is 0 Å². The maximum absolute atomic E-state index is 12.6. The molecule has 1 unspecified atom stereocenters. The first kappa shape index (κ1) is 16.1. The number of carboxylic acid groups (broad SMARTS) is 1. The Kier molecular flexibility index (Phi) is 3.79. The largest absolute Gasteiger partial charge is 0.480 e.